The molecule has 1 heterocycles. The van der Waals surface area contributed by atoms with Crippen LogP contribution in [0.25, 0.3) is 0 Å². The fraction of sp³-hybridized carbons (Fsp3) is 0.240. The summed E-state index contributed by atoms with van der Waals surface area (Å²) in [7, 11) is -3.36. The normalized spacial score (nSPS) is 14.5. The van der Waals surface area contributed by atoms with Crippen LogP contribution < -0.4 is 10.2 Å². The van der Waals surface area contributed by atoms with Gasteiger partial charge >= 0.3 is 5.97 Å². The second-order valence-electron chi connectivity index (χ2n) is 8.06. The lowest BCUT2D eigenvalue weighted by Crippen LogP contribution is -2.32. The molecule has 3 aromatic carbocycles. The van der Waals surface area contributed by atoms with Gasteiger partial charge in [-0.25, -0.2) is 12.8 Å². The Bertz CT molecular complexity index is 1290. The van der Waals surface area contributed by atoms with E-state index in [-0.39, 0.29) is 18.6 Å². The van der Waals surface area contributed by atoms with E-state index >= 15 is 0 Å². The van der Waals surface area contributed by atoms with Gasteiger partial charge in [-0.05, 0) is 60.4 Å². The number of aryl methyl sites for hydroxylation is 1. The van der Waals surface area contributed by atoms with Crippen LogP contribution in [0.15, 0.2) is 65.6 Å². The Morgan fingerprint density at radius 2 is 1.82 bits per heavy atom. The van der Waals surface area contributed by atoms with Gasteiger partial charge in [-0.2, -0.15) is 0 Å². The molecule has 0 amide bonds. The summed E-state index contributed by atoms with van der Waals surface area (Å²) in [5.41, 5.74) is 4.29. The van der Waals surface area contributed by atoms with Crippen molar-refractivity contribution in [3.05, 3.63) is 83.2 Å². The number of nitrogens with zero attached hydrogens (tertiary/aromatic N) is 1. The summed E-state index contributed by atoms with van der Waals surface area (Å²) in [6.45, 7) is 2.66. The molecule has 0 radical (unpaired) electrons. The Morgan fingerprint density at radius 1 is 1.09 bits per heavy atom. The summed E-state index contributed by atoms with van der Waals surface area (Å²) in [5.74, 6) is -1.37. The maximum Gasteiger partial charge on any atom is 0.303 e. The number of carbonyl (C=O) groups is 1. The lowest BCUT2D eigenvalue weighted by Gasteiger charge is -2.33. The predicted octanol–water partition coefficient (Wildman–Crippen LogP) is 4.69. The summed E-state index contributed by atoms with van der Waals surface area (Å²) in [5, 5.41) is 12.0. The van der Waals surface area contributed by atoms with Crippen molar-refractivity contribution in [1.29, 1.82) is 0 Å². The molecule has 0 fully saturated rings. The lowest BCUT2D eigenvalue weighted by molar-refractivity contribution is -0.136. The molecule has 0 bridgehead atoms. The molecule has 0 spiro atoms. The van der Waals surface area contributed by atoms with E-state index in [4.69, 9.17) is 5.11 Å². The quantitative estimate of drug-likeness (QED) is 0.523. The van der Waals surface area contributed by atoms with Gasteiger partial charge in [-0.15, -0.1) is 0 Å². The number of fused-ring (bicyclic) bond motifs is 1. The van der Waals surface area contributed by atoms with Crippen molar-refractivity contribution in [1.82, 2.24) is 0 Å². The zero-order chi connectivity index (χ0) is 23.6. The Kier molecular flexibility index (Phi) is 6.37. The largest absolute Gasteiger partial charge is 0.481 e. The second kappa shape index (κ2) is 9.23. The molecule has 33 heavy (non-hydrogen) atoms. The van der Waals surface area contributed by atoms with Crippen LogP contribution in [0.2, 0.25) is 0 Å². The van der Waals surface area contributed by atoms with Crippen molar-refractivity contribution in [2.45, 2.75) is 31.2 Å². The van der Waals surface area contributed by atoms with Crippen LogP contribution in [-0.2, 0) is 27.6 Å². The molecule has 0 unspecified atom stereocenters. The first-order valence-corrected chi connectivity index (χ1v) is 12.3. The van der Waals surface area contributed by atoms with Gasteiger partial charge in [0, 0.05) is 30.9 Å². The highest BCUT2D eigenvalue weighted by atomic mass is 32.2. The smallest absolute Gasteiger partial charge is 0.303 e. The van der Waals surface area contributed by atoms with E-state index in [1.165, 1.54) is 6.07 Å². The molecule has 8 heteroatoms. The highest BCUT2D eigenvalue weighted by Gasteiger charge is 2.31. The van der Waals surface area contributed by atoms with Crippen LogP contribution in [-0.4, -0.2) is 31.8 Å². The number of halogens is 1. The van der Waals surface area contributed by atoms with Crippen molar-refractivity contribution in [3.63, 3.8) is 0 Å². The number of hydrogen-bond acceptors (Lipinski definition) is 5. The fourth-order valence-corrected chi connectivity index (χ4v) is 5.57. The SMILES string of the molecule is Cc1c(CNc2ccc(CCC(=O)O)c(F)c2)ccc2c1N(c1ccccc1)CCS2(=O)=O. The first-order valence-electron chi connectivity index (χ1n) is 10.7. The average molecular weight is 469 g/mol. The summed E-state index contributed by atoms with van der Waals surface area (Å²) in [6.07, 6.45) is 0.00795. The van der Waals surface area contributed by atoms with Crippen molar-refractivity contribution < 1.29 is 22.7 Å². The molecular weight excluding hydrogens is 443 g/mol. The number of rotatable bonds is 7. The molecule has 0 saturated carbocycles. The van der Waals surface area contributed by atoms with E-state index < -0.39 is 21.6 Å². The topological polar surface area (TPSA) is 86.7 Å². The first-order chi connectivity index (χ1) is 15.8. The summed E-state index contributed by atoms with van der Waals surface area (Å²) < 4.78 is 39.8. The minimum absolute atomic E-state index is 0.0550. The third-order valence-corrected chi connectivity index (χ3v) is 7.63. The van der Waals surface area contributed by atoms with Gasteiger partial charge in [0.2, 0.25) is 0 Å². The van der Waals surface area contributed by atoms with Crippen molar-refractivity contribution in [2.24, 2.45) is 0 Å². The molecule has 3 aromatic rings. The van der Waals surface area contributed by atoms with Gasteiger partial charge in [0.05, 0.1) is 16.3 Å². The van der Waals surface area contributed by atoms with E-state index in [2.05, 4.69) is 5.32 Å². The standard InChI is InChI=1S/C25H25FN2O4S/c1-17-19(16-27-20-10-7-18(22(26)15-20)9-12-24(29)30)8-11-23-25(17)28(13-14-33(23,31)32)21-5-3-2-4-6-21/h2-8,10-11,15,27H,9,12-14,16H2,1H3,(H,29,30). The van der Waals surface area contributed by atoms with Crippen LogP contribution in [0.3, 0.4) is 0 Å². The molecule has 1 aliphatic rings. The summed E-state index contributed by atoms with van der Waals surface area (Å²) in [6, 6.07) is 17.8. The van der Waals surface area contributed by atoms with Gasteiger partial charge < -0.3 is 15.3 Å². The van der Waals surface area contributed by atoms with E-state index in [1.807, 2.05) is 42.2 Å². The molecule has 2 N–H and O–H groups in total. The van der Waals surface area contributed by atoms with Crippen LogP contribution in [0.5, 0.6) is 0 Å². The monoisotopic (exact) mass is 468 g/mol. The number of aliphatic carboxylic acids is 1. The molecule has 172 valence electrons. The van der Waals surface area contributed by atoms with E-state index in [0.717, 1.165) is 16.8 Å². The molecule has 1 aliphatic heterocycles. The molecule has 0 aromatic heterocycles. The number of benzene rings is 3. The summed E-state index contributed by atoms with van der Waals surface area (Å²) in [4.78, 5) is 13.1. The zero-order valence-corrected chi connectivity index (χ0v) is 19.0. The Labute approximate surface area is 192 Å². The number of nitrogens with one attached hydrogen (secondary N) is 1. The maximum atomic E-state index is 14.3. The lowest BCUT2D eigenvalue weighted by atomic mass is 10.0. The second-order valence-corrected chi connectivity index (χ2v) is 10.1. The van der Waals surface area contributed by atoms with Crippen molar-refractivity contribution in [2.75, 3.05) is 22.5 Å². The molecule has 6 nitrogen and oxygen atoms in total. The van der Waals surface area contributed by atoms with Gasteiger partial charge in [-0.1, -0.05) is 30.3 Å². The van der Waals surface area contributed by atoms with E-state index in [1.54, 1.807) is 24.3 Å². The van der Waals surface area contributed by atoms with Gasteiger partial charge in [0.25, 0.3) is 0 Å². The number of carboxylic acids is 1. The third-order valence-electron chi connectivity index (χ3n) is 5.91. The third kappa shape index (κ3) is 4.85. The number of anilines is 3. The maximum absolute atomic E-state index is 14.3. The van der Waals surface area contributed by atoms with Crippen LogP contribution in [0.1, 0.15) is 23.1 Å². The van der Waals surface area contributed by atoms with Gasteiger partial charge in [0.15, 0.2) is 9.84 Å². The number of hydrogen-bond donors (Lipinski definition) is 2. The van der Waals surface area contributed by atoms with Crippen molar-refractivity contribution in [3.8, 4) is 0 Å². The number of para-hydroxylation sites is 1. The van der Waals surface area contributed by atoms with Crippen LogP contribution in [0, 0.1) is 12.7 Å². The van der Waals surface area contributed by atoms with Crippen LogP contribution in [0.4, 0.5) is 21.5 Å². The van der Waals surface area contributed by atoms with Crippen molar-refractivity contribution >= 4 is 32.9 Å². The molecular formula is C25H25FN2O4S. The van der Waals surface area contributed by atoms with E-state index in [0.29, 0.717) is 34.9 Å². The number of carboxylic acid groups (broad SMARTS) is 1. The average Bonchev–Trinajstić information content (AvgIpc) is 2.78. The minimum atomic E-state index is -3.36. The van der Waals surface area contributed by atoms with Gasteiger partial charge in [0.1, 0.15) is 5.82 Å². The highest BCUT2D eigenvalue weighted by Crippen LogP contribution is 2.39. The Balaban J connectivity index is 1.60. The zero-order valence-electron chi connectivity index (χ0n) is 18.2. The molecule has 4 rings (SSSR count). The van der Waals surface area contributed by atoms with Gasteiger partial charge in [-0.3, -0.25) is 4.79 Å². The Morgan fingerprint density at radius 3 is 2.52 bits per heavy atom. The molecule has 0 aliphatic carbocycles. The highest BCUT2D eigenvalue weighted by molar-refractivity contribution is 7.91. The molecule has 0 saturated heterocycles. The van der Waals surface area contributed by atoms with E-state index in [9.17, 15) is 17.6 Å². The molecule has 0 atom stereocenters. The number of sulfone groups is 1. The Hall–Kier alpha value is -3.39. The minimum Gasteiger partial charge on any atom is -0.481 e. The predicted molar refractivity (Wildman–Crippen MR) is 126 cm³/mol. The van der Waals surface area contributed by atoms with Crippen LogP contribution >= 0.6 is 0 Å². The first kappa shape index (κ1) is 22.8. The summed E-state index contributed by atoms with van der Waals surface area (Å²) >= 11 is 0. The fourth-order valence-electron chi connectivity index (χ4n) is 4.09.